The Bertz CT molecular complexity index is 1230. The maximum atomic E-state index is 12.9. The first kappa shape index (κ1) is 21.0. The molecule has 0 radical (unpaired) electrons. The molecule has 8 rings (SSSR count). The van der Waals surface area contributed by atoms with E-state index < -0.39 is 22.4 Å². The summed E-state index contributed by atoms with van der Waals surface area (Å²) in [6, 6.07) is 7.60. The largest absolute Gasteiger partial charge is 0.458 e. The summed E-state index contributed by atoms with van der Waals surface area (Å²) < 4.78 is 25.4. The predicted octanol–water partition coefficient (Wildman–Crippen LogP) is 2.17. The molecule has 186 valence electrons. The van der Waals surface area contributed by atoms with Crippen molar-refractivity contribution in [3.05, 3.63) is 35.4 Å². The minimum atomic E-state index is -1.32. The van der Waals surface area contributed by atoms with Crippen LogP contribution in [0.1, 0.15) is 40.0 Å². The summed E-state index contributed by atoms with van der Waals surface area (Å²) in [4.78, 5) is 12.4. The summed E-state index contributed by atoms with van der Waals surface area (Å²) >= 11 is 0. The number of carbonyl (C=O) groups excluding carboxylic acids is 1. The molecule has 8 heteroatoms. The monoisotopic (exact) mass is 480 g/mol. The number of aliphatic hydroxyl groups is 1. The maximum Gasteiger partial charge on any atom is 0.334 e. The molecule has 4 heterocycles. The van der Waals surface area contributed by atoms with Crippen LogP contribution >= 0.6 is 0 Å². The molecule has 1 aromatic rings. The van der Waals surface area contributed by atoms with Crippen molar-refractivity contribution >= 4 is 17.3 Å². The minimum Gasteiger partial charge on any atom is -0.458 e. The molecule has 0 bridgehead atoms. The van der Waals surface area contributed by atoms with E-state index in [-0.39, 0.29) is 48.1 Å². The van der Waals surface area contributed by atoms with E-state index in [0.717, 1.165) is 29.7 Å². The predicted molar refractivity (Wildman–Crippen MR) is 125 cm³/mol. The number of cyclic esters (lactones) is 1. The SMILES string of the molecule is CC(C)[C@]12O[C@H]1[C@@H]1O[C@]13[C@]1(O[C@H]1C[C@H]1C4=C(CC[C@@]13C)C(=O)OC4)[C@]2(O)CNc1ccccc1N. The van der Waals surface area contributed by atoms with Crippen LogP contribution in [-0.2, 0) is 23.7 Å². The zero-order chi connectivity index (χ0) is 24.2. The lowest BCUT2D eigenvalue weighted by Crippen LogP contribution is -2.77. The van der Waals surface area contributed by atoms with Crippen LogP contribution in [0, 0.1) is 17.3 Å². The van der Waals surface area contributed by atoms with E-state index in [2.05, 4.69) is 26.1 Å². The lowest BCUT2D eigenvalue weighted by Gasteiger charge is -2.56. The van der Waals surface area contributed by atoms with Crippen LogP contribution in [0.4, 0.5) is 11.4 Å². The van der Waals surface area contributed by atoms with Gasteiger partial charge in [-0.1, -0.05) is 32.9 Å². The standard InChI is InChI=1S/C27H32N2O6/c1-13(2)25-20(34-25)21-27(35-21)23(3)9-8-14-15(11-32-22(14)30)16(23)10-19-26(27,33-19)24(25,31)12-29-18-7-5-4-6-17(18)28/h4-7,13,16,19-21,29,31H,8-12,28H2,1-3H3/t16-,19-,20-,21-,23-,24-,25-,26+,27+/m0/s1. The van der Waals surface area contributed by atoms with E-state index in [1.165, 1.54) is 0 Å². The molecule has 3 saturated heterocycles. The van der Waals surface area contributed by atoms with Gasteiger partial charge in [-0.3, -0.25) is 0 Å². The average Bonchev–Trinajstić information content (AvgIpc) is 3.72. The summed E-state index contributed by atoms with van der Waals surface area (Å²) in [6.45, 7) is 7.11. The summed E-state index contributed by atoms with van der Waals surface area (Å²) in [5, 5.41) is 16.3. The molecule has 0 unspecified atom stereocenters. The van der Waals surface area contributed by atoms with E-state index in [9.17, 15) is 9.90 Å². The number of fused-ring (bicyclic) bond motifs is 4. The summed E-state index contributed by atoms with van der Waals surface area (Å²) in [7, 11) is 0. The van der Waals surface area contributed by atoms with Crippen LogP contribution in [0.3, 0.4) is 0 Å². The second kappa shape index (κ2) is 5.88. The Morgan fingerprint density at radius 3 is 2.74 bits per heavy atom. The molecule has 3 aliphatic carbocycles. The molecule has 35 heavy (non-hydrogen) atoms. The van der Waals surface area contributed by atoms with Crippen molar-refractivity contribution in [2.45, 2.75) is 80.7 Å². The smallest absolute Gasteiger partial charge is 0.334 e. The Kier molecular flexibility index (Phi) is 3.53. The topological polar surface area (TPSA) is 122 Å². The fourth-order valence-corrected chi connectivity index (χ4v) is 9.23. The first-order chi connectivity index (χ1) is 16.7. The first-order valence-electron chi connectivity index (χ1n) is 12.9. The number of nitrogens with one attached hydrogen (secondary N) is 1. The number of nitrogens with two attached hydrogens (primary N) is 1. The van der Waals surface area contributed by atoms with Gasteiger partial charge in [0.1, 0.15) is 35.6 Å². The van der Waals surface area contributed by atoms with Gasteiger partial charge in [-0.05, 0) is 48.8 Å². The number of epoxide rings is 3. The van der Waals surface area contributed by atoms with Crippen LogP contribution in [-0.4, -0.2) is 64.9 Å². The highest BCUT2D eigenvalue weighted by atomic mass is 16.7. The van der Waals surface area contributed by atoms with Gasteiger partial charge in [-0.25, -0.2) is 4.79 Å². The molecule has 4 N–H and O–H groups in total. The zero-order valence-electron chi connectivity index (χ0n) is 20.3. The number of benzene rings is 1. The van der Waals surface area contributed by atoms with Crippen molar-refractivity contribution < 1.29 is 28.8 Å². The molecule has 9 atom stereocenters. The summed E-state index contributed by atoms with van der Waals surface area (Å²) in [5.74, 6) is 0.0343. The number of hydrogen-bond donors (Lipinski definition) is 3. The molecule has 5 fully saturated rings. The summed E-state index contributed by atoms with van der Waals surface area (Å²) in [5.41, 5.74) is 5.72. The van der Waals surface area contributed by atoms with Crippen LogP contribution in [0.25, 0.3) is 0 Å². The Hall–Kier alpha value is -2.13. The van der Waals surface area contributed by atoms with Crippen LogP contribution in [0.5, 0.6) is 0 Å². The van der Waals surface area contributed by atoms with Crippen LogP contribution in [0.15, 0.2) is 35.4 Å². The van der Waals surface area contributed by atoms with E-state index in [4.69, 9.17) is 24.7 Å². The second-order valence-electron chi connectivity index (χ2n) is 12.2. The number of hydrogen-bond acceptors (Lipinski definition) is 8. The number of para-hydroxylation sites is 2. The number of ether oxygens (including phenoxy) is 4. The second-order valence-corrected chi connectivity index (χ2v) is 12.2. The highest BCUT2D eigenvalue weighted by molar-refractivity contribution is 5.92. The quantitative estimate of drug-likeness (QED) is 0.341. The zero-order valence-corrected chi connectivity index (χ0v) is 20.3. The van der Waals surface area contributed by atoms with Crippen LogP contribution < -0.4 is 11.1 Å². The molecular formula is C27H32N2O6. The lowest BCUT2D eigenvalue weighted by atomic mass is 9.44. The molecule has 2 saturated carbocycles. The number of carbonyl (C=O) groups is 1. The van der Waals surface area contributed by atoms with E-state index in [1.54, 1.807) is 0 Å². The van der Waals surface area contributed by atoms with Gasteiger partial charge in [-0.2, -0.15) is 0 Å². The van der Waals surface area contributed by atoms with Crippen molar-refractivity contribution in [1.29, 1.82) is 0 Å². The van der Waals surface area contributed by atoms with Gasteiger partial charge in [0.05, 0.1) is 17.5 Å². The highest BCUT2D eigenvalue weighted by Crippen LogP contribution is 2.85. The third kappa shape index (κ3) is 1.95. The van der Waals surface area contributed by atoms with Gasteiger partial charge < -0.3 is 35.1 Å². The van der Waals surface area contributed by atoms with Gasteiger partial charge in [0.15, 0.2) is 5.60 Å². The fourth-order valence-electron chi connectivity index (χ4n) is 9.23. The number of esters is 1. The molecule has 1 aromatic carbocycles. The lowest BCUT2D eigenvalue weighted by molar-refractivity contribution is -0.159. The van der Waals surface area contributed by atoms with E-state index in [1.807, 2.05) is 24.3 Å². The molecule has 0 aromatic heterocycles. The average molecular weight is 481 g/mol. The van der Waals surface area contributed by atoms with Crippen LogP contribution in [0.2, 0.25) is 0 Å². The van der Waals surface area contributed by atoms with Gasteiger partial charge in [0.2, 0.25) is 0 Å². The third-order valence-corrected chi connectivity index (χ3v) is 10.9. The van der Waals surface area contributed by atoms with Crippen molar-refractivity contribution in [1.82, 2.24) is 0 Å². The summed E-state index contributed by atoms with van der Waals surface area (Å²) in [6.07, 6.45) is 1.75. The van der Waals surface area contributed by atoms with Gasteiger partial charge in [0, 0.05) is 17.5 Å². The number of rotatable bonds is 4. The molecule has 0 amide bonds. The molecule has 4 aliphatic heterocycles. The third-order valence-electron chi connectivity index (χ3n) is 10.9. The van der Waals surface area contributed by atoms with Gasteiger partial charge in [-0.15, -0.1) is 0 Å². The van der Waals surface area contributed by atoms with E-state index in [0.29, 0.717) is 18.7 Å². The van der Waals surface area contributed by atoms with Gasteiger partial charge >= 0.3 is 5.97 Å². The maximum absolute atomic E-state index is 12.9. The fraction of sp³-hybridized carbons (Fsp3) is 0.667. The van der Waals surface area contributed by atoms with Crippen molar-refractivity contribution in [2.75, 3.05) is 24.2 Å². The Morgan fingerprint density at radius 2 is 1.97 bits per heavy atom. The first-order valence-corrected chi connectivity index (χ1v) is 12.9. The molecular weight excluding hydrogens is 448 g/mol. The molecule has 8 nitrogen and oxygen atoms in total. The normalized spacial score (nSPS) is 51.9. The van der Waals surface area contributed by atoms with E-state index >= 15 is 0 Å². The Morgan fingerprint density at radius 1 is 1.17 bits per heavy atom. The molecule has 2 spiro atoms. The Labute approximate surface area is 204 Å². The number of nitrogen functional groups attached to an aromatic ring is 1. The van der Waals surface area contributed by atoms with Crippen molar-refractivity contribution in [2.24, 2.45) is 17.3 Å². The van der Waals surface area contributed by atoms with Gasteiger partial charge in [0.25, 0.3) is 0 Å². The number of anilines is 2. The van der Waals surface area contributed by atoms with Crippen molar-refractivity contribution in [3.63, 3.8) is 0 Å². The van der Waals surface area contributed by atoms with Crippen molar-refractivity contribution in [3.8, 4) is 0 Å². The Balaban J connectivity index is 1.25. The molecule has 7 aliphatic rings. The minimum absolute atomic E-state index is 0.0703. The highest BCUT2D eigenvalue weighted by Gasteiger charge is 3.04.